The molecule has 28 heavy (non-hydrogen) atoms. The molecule has 0 saturated heterocycles. The SMILES string of the molecule is CCCCCCCCNC(N)=NCc1cccc(C(=O)NCCN(C)C)c1.I. The van der Waals surface area contributed by atoms with Gasteiger partial charge in [-0.1, -0.05) is 51.2 Å². The molecule has 6 nitrogen and oxygen atoms in total. The molecule has 1 aromatic rings. The third kappa shape index (κ3) is 12.9. The van der Waals surface area contributed by atoms with Gasteiger partial charge in [0.05, 0.1) is 6.54 Å². The van der Waals surface area contributed by atoms with Crippen molar-refractivity contribution in [2.75, 3.05) is 33.7 Å². The van der Waals surface area contributed by atoms with Gasteiger partial charge in [-0.2, -0.15) is 0 Å². The number of unbranched alkanes of at least 4 members (excludes halogenated alkanes) is 5. The zero-order chi connectivity index (χ0) is 19.9. The van der Waals surface area contributed by atoms with Gasteiger partial charge in [0.15, 0.2) is 5.96 Å². The molecule has 4 N–H and O–H groups in total. The van der Waals surface area contributed by atoms with Gasteiger partial charge in [0.2, 0.25) is 0 Å². The summed E-state index contributed by atoms with van der Waals surface area (Å²) in [7, 11) is 3.96. The zero-order valence-electron chi connectivity index (χ0n) is 17.7. The monoisotopic (exact) mass is 503 g/mol. The summed E-state index contributed by atoms with van der Waals surface area (Å²) in [6.07, 6.45) is 7.55. The summed E-state index contributed by atoms with van der Waals surface area (Å²) >= 11 is 0. The number of guanidine groups is 1. The Labute approximate surface area is 187 Å². The highest BCUT2D eigenvalue weighted by atomic mass is 127. The van der Waals surface area contributed by atoms with Gasteiger partial charge in [-0.15, -0.1) is 24.0 Å². The molecule has 160 valence electrons. The van der Waals surface area contributed by atoms with Crippen molar-refractivity contribution >= 4 is 35.8 Å². The van der Waals surface area contributed by atoms with E-state index in [-0.39, 0.29) is 29.9 Å². The molecule has 0 aromatic heterocycles. The number of amides is 1. The Hall–Kier alpha value is -1.35. The largest absolute Gasteiger partial charge is 0.370 e. The standard InChI is InChI=1S/C21H37N5O.HI/c1-4-5-6-7-8-9-13-24-21(22)25-17-18-11-10-12-19(16-18)20(27)23-14-15-26(2)3;/h10-12,16H,4-9,13-15,17H2,1-3H3,(H,23,27)(H3,22,24,25);1H. The molecular formula is C21H38IN5O. The minimum atomic E-state index is -0.0585. The summed E-state index contributed by atoms with van der Waals surface area (Å²) in [4.78, 5) is 18.6. The van der Waals surface area contributed by atoms with E-state index >= 15 is 0 Å². The third-order valence-electron chi connectivity index (χ3n) is 4.30. The van der Waals surface area contributed by atoms with Crippen LogP contribution in [0.25, 0.3) is 0 Å². The highest BCUT2D eigenvalue weighted by Crippen LogP contribution is 2.07. The second-order valence-electron chi connectivity index (χ2n) is 7.16. The predicted molar refractivity (Wildman–Crippen MR) is 129 cm³/mol. The lowest BCUT2D eigenvalue weighted by Gasteiger charge is -2.11. The third-order valence-corrected chi connectivity index (χ3v) is 4.30. The zero-order valence-corrected chi connectivity index (χ0v) is 20.0. The lowest BCUT2D eigenvalue weighted by atomic mass is 10.1. The summed E-state index contributed by atoms with van der Waals surface area (Å²) < 4.78 is 0. The van der Waals surface area contributed by atoms with Gasteiger partial charge in [0.25, 0.3) is 5.91 Å². The highest BCUT2D eigenvalue weighted by Gasteiger charge is 2.05. The van der Waals surface area contributed by atoms with Crippen LogP contribution in [0.4, 0.5) is 0 Å². The Morgan fingerprint density at radius 2 is 1.79 bits per heavy atom. The fraction of sp³-hybridized carbons (Fsp3) is 0.619. The smallest absolute Gasteiger partial charge is 0.251 e. The molecule has 0 atom stereocenters. The molecule has 0 bridgehead atoms. The van der Waals surface area contributed by atoms with Crippen LogP contribution in [0.15, 0.2) is 29.3 Å². The fourth-order valence-electron chi connectivity index (χ4n) is 2.66. The van der Waals surface area contributed by atoms with Crippen LogP contribution in [-0.4, -0.2) is 50.5 Å². The minimum absolute atomic E-state index is 0. The first kappa shape index (κ1) is 26.6. The number of nitrogens with one attached hydrogen (secondary N) is 2. The number of aliphatic imine (C=N–C) groups is 1. The Balaban J connectivity index is 0.00000729. The molecule has 0 fully saturated rings. The van der Waals surface area contributed by atoms with E-state index in [9.17, 15) is 4.79 Å². The number of likely N-dealkylation sites (N-methyl/N-ethyl adjacent to an activating group) is 1. The number of rotatable bonds is 13. The topological polar surface area (TPSA) is 82.7 Å². The van der Waals surface area contributed by atoms with Crippen LogP contribution < -0.4 is 16.4 Å². The molecule has 0 aliphatic rings. The lowest BCUT2D eigenvalue weighted by Crippen LogP contribution is -2.32. The van der Waals surface area contributed by atoms with Crippen LogP contribution in [0.3, 0.4) is 0 Å². The van der Waals surface area contributed by atoms with E-state index in [1.807, 2.05) is 43.3 Å². The van der Waals surface area contributed by atoms with Gasteiger partial charge < -0.3 is 21.3 Å². The first-order valence-electron chi connectivity index (χ1n) is 10.1. The van der Waals surface area contributed by atoms with E-state index in [4.69, 9.17) is 5.73 Å². The van der Waals surface area contributed by atoms with Crippen LogP contribution in [0.2, 0.25) is 0 Å². The maximum atomic E-state index is 12.2. The molecule has 0 spiro atoms. The molecule has 0 unspecified atom stereocenters. The van der Waals surface area contributed by atoms with Gasteiger partial charge in [-0.25, -0.2) is 4.99 Å². The molecule has 0 heterocycles. The number of carbonyl (C=O) groups is 1. The second kappa shape index (κ2) is 16.6. The normalized spacial score (nSPS) is 11.2. The van der Waals surface area contributed by atoms with Crippen molar-refractivity contribution in [3.05, 3.63) is 35.4 Å². The van der Waals surface area contributed by atoms with E-state index in [0.29, 0.717) is 24.6 Å². The second-order valence-corrected chi connectivity index (χ2v) is 7.16. The summed E-state index contributed by atoms with van der Waals surface area (Å²) in [5, 5.41) is 6.08. The van der Waals surface area contributed by atoms with E-state index in [1.54, 1.807) is 0 Å². The number of benzene rings is 1. The maximum Gasteiger partial charge on any atom is 0.251 e. The van der Waals surface area contributed by atoms with Crippen LogP contribution >= 0.6 is 24.0 Å². The predicted octanol–water partition coefficient (Wildman–Crippen LogP) is 3.36. The van der Waals surface area contributed by atoms with E-state index in [1.165, 1.54) is 32.1 Å². The molecule has 1 rings (SSSR count). The van der Waals surface area contributed by atoms with Gasteiger partial charge in [-0.05, 0) is 38.2 Å². The van der Waals surface area contributed by atoms with Crippen LogP contribution in [0.5, 0.6) is 0 Å². The molecule has 0 radical (unpaired) electrons. The molecule has 0 aliphatic heterocycles. The van der Waals surface area contributed by atoms with Gasteiger partial charge in [0, 0.05) is 25.2 Å². The summed E-state index contributed by atoms with van der Waals surface area (Å²) in [6, 6.07) is 7.53. The van der Waals surface area contributed by atoms with Crippen molar-refractivity contribution in [1.82, 2.24) is 15.5 Å². The molecule has 0 saturated carbocycles. The van der Waals surface area contributed by atoms with Gasteiger partial charge in [-0.3, -0.25) is 4.79 Å². The van der Waals surface area contributed by atoms with Crippen molar-refractivity contribution in [1.29, 1.82) is 0 Å². The van der Waals surface area contributed by atoms with Crippen molar-refractivity contribution in [3.63, 3.8) is 0 Å². The first-order valence-corrected chi connectivity index (χ1v) is 10.1. The Kier molecular flexibility index (Phi) is 15.8. The van der Waals surface area contributed by atoms with E-state index in [0.717, 1.165) is 25.1 Å². The number of nitrogens with two attached hydrogens (primary N) is 1. The van der Waals surface area contributed by atoms with Crippen LogP contribution in [0.1, 0.15) is 61.4 Å². The average molecular weight is 503 g/mol. The number of nitrogens with zero attached hydrogens (tertiary/aromatic N) is 2. The minimum Gasteiger partial charge on any atom is -0.370 e. The summed E-state index contributed by atoms with van der Waals surface area (Å²) in [5.74, 6) is 0.404. The van der Waals surface area contributed by atoms with Crippen molar-refractivity contribution in [2.24, 2.45) is 10.7 Å². The highest BCUT2D eigenvalue weighted by molar-refractivity contribution is 14.0. The van der Waals surface area contributed by atoms with Crippen molar-refractivity contribution < 1.29 is 4.79 Å². The van der Waals surface area contributed by atoms with Crippen LogP contribution in [0, 0.1) is 0 Å². The average Bonchev–Trinajstić information content (AvgIpc) is 2.65. The first-order chi connectivity index (χ1) is 13.0. The fourth-order valence-corrected chi connectivity index (χ4v) is 2.66. The molecule has 7 heteroatoms. The van der Waals surface area contributed by atoms with Crippen LogP contribution in [-0.2, 0) is 6.54 Å². The molecule has 1 amide bonds. The molecule has 1 aromatic carbocycles. The summed E-state index contributed by atoms with van der Waals surface area (Å²) in [5.41, 5.74) is 7.56. The summed E-state index contributed by atoms with van der Waals surface area (Å²) in [6.45, 7) is 5.00. The maximum absolute atomic E-state index is 12.2. The van der Waals surface area contributed by atoms with Gasteiger partial charge in [0.1, 0.15) is 0 Å². The molecule has 0 aliphatic carbocycles. The number of hydrogen-bond donors (Lipinski definition) is 3. The lowest BCUT2D eigenvalue weighted by molar-refractivity contribution is 0.0951. The number of carbonyl (C=O) groups excluding carboxylic acids is 1. The Bertz CT molecular complexity index is 578. The quantitative estimate of drug-likeness (QED) is 0.167. The Morgan fingerprint density at radius 1 is 1.07 bits per heavy atom. The number of hydrogen-bond acceptors (Lipinski definition) is 3. The molecular weight excluding hydrogens is 465 g/mol. The number of halogens is 1. The van der Waals surface area contributed by atoms with E-state index < -0.39 is 0 Å². The Morgan fingerprint density at radius 3 is 2.50 bits per heavy atom. The van der Waals surface area contributed by atoms with Crippen molar-refractivity contribution in [2.45, 2.75) is 52.0 Å². The van der Waals surface area contributed by atoms with Crippen molar-refractivity contribution in [3.8, 4) is 0 Å². The van der Waals surface area contributed by atoms with E-state index in [2.05, 4.69) is 22.5 Å². The van der Waals surface area contributed by atoms with Gasteiger partial charge >= 0.3 is 0 Å².